The molecule has 408 valence electrons. The number of amides is 4. The van der Waals surface area contributed by atoms with Crippen molar-refractivity contribution in [1.82, 2.24) is 25.5 Å². The Labute approximate surface area is 449 Å². The number of aryl methyl sites for hydroxylation is 1. The minimum Gasteiger partial charge on any atom is -0.494 e. The normalized spacial score (nSPS) is 16.1. The van der Waals surface area contributed by atoms with Crippen LogP contribution in [0.2, 0.25) is 0 Å². The first-order valence-corrected chi connectivity index (χ1v) is 25.8. The average Bonchev–Trinajstić information content (AvgIpc) is 4.20. The number of thiocarbonyl (C=S) groups is 1. The zero-order valence-electron chi connectivity index (χ0n) is 42.8. The highest BCUT2D eigenvalue weighted by atomic mass is 32.1. The third-order valence-electron chi connectivity index (χ3n) is 13.2. The molecular formula is C54H55F7N8O6S2. The molecule has 2 aliphatic heterocycles. The van der Waals surface area contributed by atoms with Crippen molar-refractivity contribution in [3.8, 4) is 28.1 Å². The average molecular weight is 1110 g/mol. The minimum absolute atomic E-state index is 0.153. The van der Waals surface area contributed by atoms with Crippen LogP contribution in [0.15, 0.2) is 78.4 Å². The first kappa shape index (κ1) is 57.5. The van der Waals surface area contributed by atoms with Crippen LogP contribution < -0.4 is 29.9 Å². The molecule has 2 aromatic heterocycles. The molecule has 3 aromatic carbocycles. The predicted molar refractivity (Wildman–Crippen MR) is 277 cm³/mol. The Hall–Kier alpha value is -7.19. The summed E-state index contributed by atoms with van der Waals surface area (Å²) in [5.41, 5.74) is -3.13. The second kappa shape index (κ2) is 23.2. The summed E-state index contributed by atoms with van der Waals surface area (Å²) in [6, 6.07) is 16.0. The van der Waals surface area contributed by atoms with E-state index in [4.69, 9.17) is 27.0 Å². The summed E-state index contributed by atoms with van der Waals surface area (Å²) in [5.74, 6) is -4.39. The summed E-state index contributed by atoms with van der Waals surface area (Å²) in [6.45, 7) is 10.8. The van der Waals surface area contributed by atoms with E-state index in [-0.39, 0.29) is 42.8 Å². The van der Waals surface area contributed by atoms with Crippen molar-refractivity contribution < 1.29 is 59.4 Å². The van der Waals surface area contributed by atoms with Crippen molar-refractivity contribution in [1.29, 1.82) is 5.26 Å². The van der Waals surface area contributed by atoms with E-state index in [1.165, 1.54) is 19.9 Å². The number of likely N-dealkylation sites (tertiary alicyclic amines) is 1. The zero-order chi connectivity index (χ0) is 56.2. The van der Waals surface area contributed by atoms with Crippen LogP contribution in [0.4, 0.5) is 42.1 Å². The van der Waals surface area contributed by atoms with Crippen molar-refractivity contribution in [3.63, 3.8) is 0 Å². The highest BCUT2D eigenvalue weighted by molar-refractivity contribution is 7.81. The molecule has 0 bridgehead atoms. The summed E-state index contributed by atoms with van der Waals surface area (Å²) in [7, 11) is 0. The van der Waals surface area contributed by atoms with Gasteiger partial charge in [0.2, 0.25) is 17.7 Å². The standard InChI is InChI=1S/C54H55F7N8O6S2/c1-31-43(77-30-65-31)33-15-13-32(14-16-33)28-63-46(71)40-12-11-23-67(40)48(72)44(51(2,3)4)66-45(70)34-17-20-37(21-18-34)74-24-9-7-8-10-25-75-47-38(53(56,57)58)26-36(29-64-47)69-50(76)68(49(73)52(69,5)6)39-22-19-35(27-62)41(42(39)55)54(59,60)61/h13-22,26,29-30,40,44H,7-12,23-25,28H2,1-6H3,(H,63,71)(H,66,70)/t40-,44?/m0/s1. The summed E-state index contributed by atoms with van der Waals surface area (Å²) >= 11 is 6.92. The molecule has 5 aromatic rings. The largest absolute Gasteiger partial charge is 0.494 e. The number of aromatic nitrogens is 2. The molecule has 23 heteroatoms. The third-order valence-corrected chi connectivity index (χ3v) is 14.5. The number of halogens is 7. The van der Waals surface area contributed by atoms with Gasteiger partial charge in [0, 0.05) is 18.7 Å². The van der Waals surface area contributed by atoms with Crippen LogP contribution in [0.25, 0.3) is 10.4 Å². The van der Waals surface area contributed by atoms with Crippen molar-refractivity contribution in [2.75, 3.05) is 29.6 Å². The maximum absolute atomic E-state index is 15.4. The highest BCUT2D eigenvalue weighted by Gasteiger charge is 2.53. The zero-order valence-corrected chi connectivity index (χ0v) is 44.5. The number of unbranched alkanes of at least 4 members (excludes halogenated alkanes) is 3. The molecule has 77 heavy (non-hydrogen) atoms. The third kappa shape index (κ3) is 12.8. The number of hydrogen-bond acceptors (Lipinski definition) is 11. The number of nitrogens with zero attached hydrogens (tertiary/aromatic N) is 6. The number of carbonyl (C=O) groups is 4. The Balaban J connectivity index is 0.867. The number of thiazole rings is 1. The van der Waals surface area contributed by atoms with Crippen LogP contribution >= 0.6 is 23.6 Å². The maximum Gasteiger partial charge on any atom is 0.421 e. The Morgan fingerprint density at radius 2 is 1.58 bits per heavy atom. The fourth-order valence-electron chi connectivity index (χ4n) is 9.04. The monoisotopic (exact) mass is 1110 g/mol. The van der Waals surface area contributed by atoms with E-state index in [9.17, 15) is 45.5 Å². The first-order chi connectivity index (χ1) is 36.2. The van der Waals surface area contributed by atoms with Gasteiger partial charge in [0.05, 0.1) is 58.5 Å². The molecule has 7 rings (SSSR count). The van der Waals surface area contributed by atoms with Gasteiger partial charge in [0.25, 0.3) is 11.8 Å². The maximum atomic E-state index is 15.4. The molecule has 2 fully saturated rings. The number of nitriles is 1. The number of anilines is 2. The van der Waals surface area contributed by atoms with E-state index >= 15 is 4.39 Å². The summed E-state index contributed by atoms with van der Waals surface area (Å²) < 4.78 is 111. The molecule has 0 radical (unpaired) electrons. The molecule has 2 atom stereocenters. The fraction of sp³-hybridized carbons (Fsp3) is 0.407. The molecule has 0 aliphatic carbocycles. The molecule has 2 N–H and O–H groups in total. The van der Waals surface area contributed by atoms with Gasteiger partial charge < -0.3 is 29.9 Å². The van der Waals surface area contributed by atoms with Crippen molar-refractivity contribution in [2.45, 2.75) is 117 Å². The van der Waals surface area contributed by atoms with Gasteiger partial charge in [-0.2, -0.15) is 31.6 Å². The van der Waals surface area contributed by atoms with Gasteiger partial charge in [-0.3, -0.25) is 24.1 Å². The Kier molecular flexibility index (Phi) is 17.3. The van der Waals surface area contributed by atoms with E-state index in [0.29, 0.717) is 67.9 Å². The fourth-order valence-corrected chi connectivity index (χ4v) is 10.4. The smallest absolute Gasteiger partial charge is 0.421 e. The highest BCUT2D eigenvalue weighted by Crippen LogP contribution is 2.44. The topological polar surface area (TPSA) is 170 Å². The van der Waals surface area contributed by atoms with E-state index < -0.39 is 86.4 Å². The van der Waals surface area contributed by atoms with E-state index in [1.54, 1.807) is 46.0 Å². The van der Waals surface area contributed by atoms with E-state index in [0.717, 1.165) is 38.9 Å². The molecule has 0 saturated carbocycles. The summed E-state index contributed by atoms with van der Waals surface area (Å²) in [5, 5.41) is 14.4. The molecule has 0 spiro atoms. The van der Waals surface area contributed by atoms with Crippen LogP contribution in [0.5, 0.6) is 11.6 Å². The number of hydrogen-bond donors (Lipinski definition) is 2. The van der Waals surface area contributed by atoms with Crippen LogP contribution in [0.3, 0.4) is 0 Å². The van der Waals surface area contributed by atoms with Gasteiger partial charge in [0.1, 0.15) is 34.5 Å². The van der Waals surface area contributed by atoms with Crippen molar-refractivity contribution in [2.24, 2.45) is 5.41 Å². The van der Waals surface area contributed by atoms with Gasteiger partial charge >= 0.3 is 12.4 Å². The van der Waals surface area contributed by atoms with E-state index in [2.05, 4.69) is 20.6 Å². The Morgan fingerprint density at radius 1 is 0.922 bits per heavy atom. The van der Waals surface area contributed by atoms with Crippen LogP contribution in [-0.4, -0.2) is 81.0 Å². The quantitative estimate of drug-likeness (QED) is 0.0486. The molecule has 2 aliphatic rings. The molecule has 4 heterocycles. The van der Waals surface area contributed by atoms with Crippen molar-refractivity contribution >= 4 is 63.7 Å². The number of alkyl halides is 6. The lowest BCUT2D eigenvalue weighted by atomic mass is 9.85. The Bertz CT molecular complexity index is 3060. The van der Waals surface area contributed by atoms with E-state index in [1.807, 2.05) is 52.0 Å². The number of rotatable bonds is 18. The van der Waals surface area contributed by atoms with Gasteiger partial charge in [0.15, 0.2) is 10.9 Å². The van der Waals surface area contributed by atoms with Crippen LogP contribution in [0.1, 0.15) is 111 Å². The van der Waals surface area contributed by atoms with Crippen LogP contribution in [-0.2, 0) is 33.3 Å². The number of benzene rings is 3. The lowest BCUT2D eigenvalue weighted by molar-refractivity contribution is -0.142. The molecular weight excluding hydrogens is 1050 g/mol. The van der Waals surface area contributed by atoms with Gasteiger partial charge in [-0.05, 0) is 131 Å². The summed E-state index contributed by atoms with van der Waals surface area (Å²) in [6.07, 6.45) is -6.20. The molecule has 2 saturated heterocycles. The lowest BCUT2D eigenvalue weighted by Crippen LogP contribution is -2.57. The number of ether oxygens (including phenoxy) is 2. The van der Waals surface area contributed by atoms with Gasteiger partial charge in [-0.15, -0.1) is 11.3 Å². The minimum atomic E-state index is -5.33. The molecule has 14 nitrogen and oxygen atoms in total. The second-order valence-electron chi connectivity index (χ2n) is 20.1. The van der Waals surface area contributed by atoms with Crippen LogP contribution in [0, 0.1) is 29.5 Å². The molecule has 4 amide bonds. The first-order valence-electron chi connectivity index (χ1n) is 24.5. The lowest BCUT2D eigenvalue weighted by Gasteiger charge is -2.35. The molecule has 1 unspecified atom stereocenters. The predicted octanol–water partition coefficient (Wildman–Crippen LogP) is 10.9. The SMILES string of the molecule is Cc1ncsc1-c1ccc(CNC(=O)[C@@H]2CCCN2C(=O)C(NC(=O)c2ccc(OCCCCCCOc3ncc(N4C(=S)N(c5ccc(C#N)c(C(F)(F)F)c5F)C(=O)C4(C)C)cc3C(F)(F)F)cc2)C(C)(C)C)cc1. The number of nitrogens with one attached hydrogen (secondary N) is 2. The summed E-state index contributed by atoms with van der Waals surface area (Å²) in [4.78, 5) is 66.9. The number of carbonyl (C=O) groups excluding carboxylic acids is 4. The second-order valence-corrected chi connectivity index (χ2v) is 21.3. The van der Waals surface area contributed by atoms with Gasteiger partial charge in [-0.1, -0.05) is 45.0 Å². The Morgan fingerprint density at radius 3 is 2.18 bits per heavy atom. The van der Waals surface area contributed by atoms with Crippen molar-refractivity contribution in [3.05, 3.63) is 118 Å². The van der Waals surface area contributed by atoms with Gasteiger partial charge in [-0.25, -0.2) is 14.4 Å². The number of pyridine rings is 1.